The van der Waals surface area contributed by atoms with Gasteiger partial charge < -0.3 is 14.4 Å². The highest BCUT2D eigenvalue weighted by Crippen LogP contribution is 2.18. The van der Waals surface area contributed by atoms with Crippen molar-refractivity contribution < 1.29 is 14.3 Å². The van der Waals surface area contributed by atoms with Crippen LogP contribution in [0.5, 0.6) is 0 Å². The van der Waals surface area contributed by atoms with E-state index in [1.807, 2.05) is 7.05 Å². The predicted octanol–water partition coefficient (Wildman–Crippen LogP) is 1.24. The second kappa shape index (κ2) is 6.47. The van der Waals surface area contributed by atoms with Gasteiger partial charge in [-0.2, -0.15) is 0 Å². The van der Waals surface area contributed by atoms with Crippen molar-refractivity contribution in [2.75, 3.05) is 33.4 Å². The van der Waals surface area contributed by atoms with Crippen LogP contribution in [-0.4, -0.2) is 56.2 Å². The average Bonchev–Trinajstić information content (AvgIpc) is 2.82. The van der Waals surface area contributed by atoms with Crippen LogP contribution in [0.2, 0.25) is 0 Å². The Balaban J connectivity index is 1.62. The number of Topliss-reactive ketones (excluding diaryl/α,β-unsaturated/α-hetero) is 1. The Labute approximate surface area is 103 Å². The Bertz CT molecular complexity index is 251. The van der Waals surface area contributed by atoms with Crippen LogP contribution in [0, 0.1) is 0 Å². The van der Waals surface area contributed by atoms with Gasteiger partial charge in [-0.25, -0.2) is 0 Å². The number of hydrogen-bond acceptors (Lipinski definition) is 4. The zero-order chi connectivity index (χ0) is 12.1. The molecule has 2 heterocycles. The molecule has 0 aliphatic carbocycles. The van der Waals surface area contributed by atoms with E-state index in [4.69, 9.17) is 9.47 Å². The minimum Gasteiger partial charge on any atom is -0.378 e. The van der Waals surface area contributed by atoms with Gasteiger partial charge in [-0.3, -0.25) is 4.79 Å². The number of hydrogen-bond donors (Lipinski definition) is 0. The number of carbonyl (C=O) groups excluding carboxylic acids is 1. The lowest BCUT2D eigenvalue weighted by Crippen LogP contribution is -2.44. The molecule has 17 heavy (non-hydrogen) atoms. The SMILES string of the molecule is CN1CCOC(C(=O)CCCC2CCCO2)C1. The molecule has 2 saturated heterocycles. The largest absolute Gasteiger partial charge is 0.378 e. The van der Waals surface area contributed by atoms with Crippen LogP contribution in [0.15, 0.2) is 0 Å². The first kappa shape index (κ1) is 13.0. The summed E-state index contributed by atoms with van der Waals surface area (Å²) in [6.45, 7) is 3.26. The maximum Gasteiger partial charge on any atom is 0.162 e. The Morgan fingerprint density at radius 3 is 2.94 bits per heavy atom. The lowest BCUT2D eigenvalue weighted by Gasteiger charge is -2.29. The van der Waals surface area contributed by atoms with Crippen LogP contribution in [-0.2, 0) is 14.3 Å². The maximum atomic E-state index is 11.9. The summed E-state index contributed by atoms with van der Waals surface area (Å²) in [6.07, 6.45) is 5.14. The molecule has 2 fully saturated rings. The van der Waals surface area contributed by atoms with Gasteiger partial charge in [0.2, 0.25) is 0 Å². The summed E-state index contributed by atoms with van der Waals surface area (Å²) in [5.74, 6) is 0.259. The predicted molar refractivity (Wildman–Crippen MR) is 65.1 cm³/mol. The third kappa shape index (κ3) is 4.05. The Morgan fingerprint density at radius 2 is 2.24 bits per heavy atom. The standard InChI is InChI=1S/C13H23NO3/c1-14-7-9-17-13(10-14)12(15)6-2-4-11-5-3-8-16-11/h11,13H,2-10H2,1H3. The summed E-state index contributed by atoms with van der Waals surface area (Å²) in [7, 11) is 2.04. The van der Waals surface area contributed by atoms with Gasteiger partial charge in [0.05, 0.1) is 12.7 Å². The molecule has 0 amide bonds. The molecular weight excluding hydrogens is 218 g/mol. The summed E-state index contributed by atoms with van der Waals surface area (Å²) >= 11 is 0. The number of ether oxygens (including phenoxy) is 2. The molecule has 0 bridgehead atoms. The first-order valence-electron chi connectivity index (χ1n) is 6.70. The topological polar surface area (TPSA) is 38.8 Å². The van der Waals surface area contributed by atoms with E-state index >= 15 is 0 Å². The molecule has 0 aromatic rings. The Kier molecular flexibility index (Phi) is 4.95. The molecule has 98 valence electrons. The van der Waals surface area contributed by atoms with Gasteiger partial charge in [0.15, 0.2) is 5.78 Å². The summed E-state index contributed by atoms with van der Waals surface area (Å²) < 4.78 is 11.1. The van der Waals surface area contributed by atoms with Gasteiger partial charge in [-0.05, 0) is 32.7 Å². The number of rotatable bonds is 5. The smallest absolute Gasteiger partial charge is 0.162 e. The lowest BCUT2D eigenvalue weighted by atomic mass is 10.0. The van der Waals surface area contributed by atoms with Crippen LogP contribution >= 0.6 is 0 Å². The molecule has 2 atom stereocenters. The summed E-state index contributed by atoms with van der Waals surface area (Å²) in [6, 6.07) is 0. The van der Waals surface area contributed by atoms with Crippen molar-refractivity contribution in [2.24, 2.45) is 0 Å². The number of nitrogens with zero attached hydrogens (tertiary/aromatic N) is 1. The summed E-state index contributed by atoms with van der Waals surface area (Å²) in [5, 5.41) is 0. The van der Waals surface area contributed by atoms with Gasteiger partial charge in [-0.1, -0.05) is 0 Å². The third-order valence-corrected chi connectivity index (χ3v) is 3.60. The molecule has 2 aliphatic heterocycles. The zero-order valence-electron chi connectivity index (χ0n) is 10.7. The molecule has 0 aromatic heterocycles. The normalized spacial score (nSPS) is 30.6. The molecule has 2 aliphatic rings. The van der Waals surface area contributed by atoms with Gasteiger partial charge >= 0.3 is 0 Å². The van der Waals surface area contributed by atoms with Crippen LogP contribution in [0.1, 0.15) is 32.1 Å². The van der Waals surface area contributed by atoms with Crippen molar-refractivity contribution in [3.05, 3.63) is 0 Å². The van der Waals surface area contributed by atoms with Crippen LogP contribution in [0.25, 0.3) is 0 Å². The highest BCUT2D eigenvalue weighted by Gasteiger charge is 2.24. The van der Waals surface area contributed by atoms with E-state index in [-0.39, 0.29) is 11.9 Å². The molecule has 2 unspecified atom stereocenters. The fraction of sp³-hybridized carbons (Fsp3) is 0.923. The van der Waals surface area contributed by atoms with Crippen molar-refractivity contribution in [1.29, 1.82) is 0 Å². The monoisotopic (exact) mass is 241 g/mol. The fourth-order valence-electron chi connectivity index (χ4n) is 2.51. The van der Waals surface area contributed by atoms with Crippen molar-refractivity contribution in [1.82, 2.24) is 4.90 Å². The highest BCUT2D eigenvalue weighted by atomic mass is 16.5. The van der Waals surface area contributed by atoms with E-state index in [0.717, 1.165) is 39.0 Å². The average molecular weight is 241 g/mol. The quantitative estimate of drug-likeness (QED) is 0.726. The Hall–Kier alpha value is -0.450. The third-order valence-electron chi connectivity index (χ3n) is 3.60. The van der Waals surface area contributed by atoms with E-state index < -0.39 is 0 Å². The van der Waals surface area contributed by atoms with Crippen LogP contribution in [0.3, 0.4) is 0 Å². The van der Waals surface area contributed by atoms with E-state index in [9.17, 15) is 4.79 Å². The molecule has 0 saturated carbocycles. The van der Waals surface area contributed by atoms with Gasteiger partial charge in [0.25, 0.3) is 0 Å². The minimum absolute atomic E-state index is 0.196. The number of morpholine rings is 1. The summed E-state index contributed by atoms with van der Waals surface area (Å²) in [4.78, 5) is 14.1. The molecule has 4 nitrogen and oxygen atoms in total. The van der Waals surface area contributed by atoms with E-state index in [2.05, 4.69) is 4.90 Å². The van der Waals surface area contributed by atoms with Gasteiger partial charge in [0.1, 0.15) is 6.10 Å². The lowest BCUT2D eigenvalue weighted by molar-refractivity contribution is -0.135. The van der Waals surface area contributed by atoms with Crippen LogP contribution < -0.4 is 0 Å². The molecular formula is C13H23NO3. The van der Waals surface area contributed by atoms with E-state index in [1.165, 1.54) is 6.42 Å². The first-order valence-corrected chi connectivity index (χ1v) is 6.70. The maximum absolute atomic E-state index is 11.9. The first-order chi connectivity index (χ1) is 8.25. The molecule has 0 aromatic carbocycles. The highest BCUT2D eigenvalue weighted by molar-refractivity contribution is 5.83. The van der Waals surface area contributed by atoms with E-state index in [0.29, 0.717) is 19.1 Å². The second-order valence-electron chi connectivity index (χ2n) is 5.12. The summed E-state index contributed by atoms with van der Waals surface area (Å²) in [5.41, 5.74) is 0. The Morgan fingerprint density at radius 1 is 1.35 bits per heavy atom. The van der Waals surface area contributed by atoms with Gasteiger partial charge in [0, 0.05) is 26.1 Å². The molecule has 0 radical (unpaired) electrons. The molecule has 0 spiro atoms. The van der Waals surface area contributed by atoms with Gasteiger partial charge in [-0.15, -0.1) is 0 Å². The second-order valence-corrected chi connectivity index (χ2v) is 5.12. The molecule has 0 N–H and O–H groups in total. The van der Waals surface area contributed by atoms with E-state index in [1.54, 1.807) is 0 Å². The number of carbonyl (C=O) groups is 1. The van der Waals surface area contributed by atoms with Crippen molar-refractivity contribution in [3.8, 4) is 0 Å². The molecule has 4 heteroatoms. The molecule has 2 rings (SSSR count). The minimum atomic E-state index is -0.196. The van der Waals surface area contributed by atoms with Crippen molar-refractivity contribution in [2.45, 2.75) is 44.3 Å². The zero-order valence-corrected chi connectivity index (χ0v) is 10.7. The number of ketones is 1. The van der Waals surface area contributed by atoms with Crippen LogP contribution in [0.4, 0.5) is 0 Å². The number of likely N-dealkylation sites (N-methyl/N-ethyl adjacent to an activating group) is 1. The van der Waals surface area contributed by atoms with Crippen molar-refractivity contribution in [3.63, 3.8) is 0 Å². The fourth-order valence-corrected chi connectivity index (χ4v) is 2.51. The van der Waals surface area contributed by atoms with Crippen molar-refractivity contribution >= 4 is 5.78 Å².